The van der Waals surface area contributed by atoms with Crippen molar-refractivity contribution in [3.63, 3.8) is 0 Å². The number of carbonyl (C=O) groups is 2. The van der Waals surface area contributed by atoms with E-state index in [1.807, 2.05) is 20.8 Å². The SMILES string of the molecule is CCOC(=O)CN(C(=O)C(CC)C(N)=S)C(C)C. The second-order valence-electron chi connectivity index (χ2n) is 4.23. The summed E-state index contributed by atoms with van der Waals surface area (Å²) in [5, 5.41) is 0. The lowest BCUT2D eigenvalue weighted by Gasteiger charge is -2.29. The Labute approximate surface area is 114 Å². The van der Waals surface area contributed by atoms with Crippen LogP contribution in [0.4, 0.5) is 0 Å². The predicted octanol–water partition coefficient (Wildman–Crippen LogP) is 1.10. The number of amides is 1. The van der Waals surface area contributed by atoms with Gasteiger partial charge in [-0.3, -0.25) is 9.59 Å². The fourth-order valence-electron chi connectivity index (χ4n) is 1.56. The molecule has 0 aromatic rings. The topological polar surface area (TPSA) is 72.6 Å². The Balaban J connectivity index is 4.83. The van der Waals surface area contributed by atoms with Crippen molar-refractivity contribution in [1.82, 2.24) is 4.90 Å². The second-order valence-corrected chi connectivity index (χ2v) is 4.70. The quantitative estimate of drug-likeness (QED) is 0.556. The lowest BCUT2D eigenvalue weighted by molar-refractivity contribution is -0.150. The van der Waals surface area contributed by atoms with Crippen molar-refractivity contribution in [2.24, 2.45) is 11.7 Å². The molecule has 0 saturated carbocycles. The van der Waals surface area contributed by atoms with Crippen molar-refractivity contribution in [1.29, 1.82) is 0 Å². The maximum Gasteiger partial charge on any atom is 0.325 e. The monoisotopic (exact) mass is 274 g/mol. The first-order chi connectivity index (χ1) is 8.34. The third-order valence-corrected chi connectivity index (χ3v) is 2.85. The summed E-state index contributed by atoms with van der Waals surface area (Å²) in [6.45, 7) is 7.47. The lowest BCUT2D eigenvalue weighted by atomic mass is 10.0. The summed E-state index contributed by atoms with van der Waals surface area (Å²) in [7, 11) is 0. The van der Waals surface area contributed by atoms with E-state index < -0.39 is 11.9 Å². The molecule has 0 aromatic carbocycles. The molecule has 5 nitrogen and oxygen atoms in total. The van der Waals surface area contributed by atoms with Gasteiger partial charge in [-0.15, -0.1) is 0 Å². The zero-order chi connectivity index (χ0) is 14.3. The molecule has 1 unspecified atom stereocenters. The van der Waals surface area contributed by atoms with Crippen molar-refractivity contribution in [3.8, 4) is 0 Å². The molecule has 0 aliphatic carbocycles. The second kappa shape index (κ2) is 8.02. The fourth-order valence-corrected chi connectivity index (χ4v) is 1.83. The summed E-state index contributed by atoms with van der Waals surface area (Å²) in [6, 6.07) is -0.106. The van der Waals surface area contributed by atoms with Gasteiger partial charge in [-0.1, -0.05) is 19.1 Å². The number of nitrogens with zero attached hydrogens (tertiary/aromatic N) is 1. The fraction of sp³-hybridized carbons (Fsp3) is 0.750. The van der Waals surface area contributed by atoms with Crippen LogP contribution in [0.2, 0.25) is 0 Å². The van der Waals surface area contributed by atoms with Crippen LogP contribution in [0.25, 0.3) is 0 Å². The van der Waals surface area contributed by atoms with Gasteiger partial charge in [-0.2, -0.15) is 0 Å². The number of hydrogen-bond acceptors (Lipinski definition) is 4. The molecule has 6 heteroatoms. The lowest BCUT2D eigenvalue weighted by Crippen LogP contribution is -2.47. The van der Waals surface area contributed by atoms with Crippen molar-refractivity contribution in [2.75, 3.05) is 13.2 Å². The van der Waals surface area contributed by atoms with Gasteiger partial charge in [-0.25, -0.2) is 0 Å². The van der Waals surface area contributed by atoms with E-state index in [0.29, 0.717) is 13.0 Å². The molecule has 2 N–H and O–H groups in total. The molecule has 0 fully saturated rings. The first-order valence-corrected chi connectivity index (χ1v) is 6.51. The molecular formula is C12H22N2O3S. The maximum atomic E-state index is 12.2. The maximum absolute atomic E-state index is 12.2. The number of ether oxygens (including phenoxy) is 1. The highest BCUT2D eigenvalue weighted by atomic mass is 32.1. The van der Waals surface area contributed by atoms with E-state index in [4.69, 9.17) is 22.7 Å². The molecule has 0 aromatic heterocycles. The highest BCUT2D eigenvalue weighted by Gasteiger charge is 2.28. The molecule has 0 bridgehead atoms. The average molecular weight is 274 g/mol. The Morgan fingerprint density at radius 2 is 1.89 bits per heavy atom. The van der Waals surface area contributed by atoms with Gasteiger partial charge in [0.15, 0.2) is 0 Å². The number of rotatable bonds is 7. The minimum Gasteiger partial charge on any atom is -0.465 e. The highest BCUT2D eigenvalue weighted by molar-refractivity contribution is 7.80. The zero-order valence-corrected chi connectivity index (χ0v) is 12.3. The number of hydrogen-bond donors (Lipinski definition) is 1. The molecule has 0 aliphatic heterocycles. The van der Waals surface area contributed by atoms with E-state index in [2.05, 4.69) is 0 Å². The van der Waals surface area contributed by atoms with Crippen LogP contribution in [0.1, 0.15) is 34.1 Å². The standard InChI is InChI=1S/C12H22N2O3S/c1-5-9(11(13)18)12(16)14(8(3)4)7-10(15)17-6-2/h8-9H,5-7H2,1-4H3,(H2,13,18). The van der Waals surface area contributed by atoms with Gasteiger partial charge in [0.05, 0.1) is 17.5 Å². The van der Waals surface area contributed by atoms with Gasteiger partial charge in [0, 0.05) is 6.04 Å². The molecular weight excluding hydrogens is 252 g/mol. The van der Waals surface area contributed by atoms with Crippen LogP contribution in [-0.2, 0) is 14.3 Å². The van der Waals surface area contributed by atoms with E-state index >= 15 is 0 Å². The van der Waals surface area contributed by atoms with Gasteiger partial charge in [-0.05, 0) is 27.2 Å². The summed E-state index contributed by atoms with van der Waals surface area (Å²) < 4.78 is 4.85. The number of carbonyl (C=O) groups excluding carboxylic acids is 2. The minimum atomic E-state index is -0.517. The van der Waals surface area contributed by atoms with Gasteiger partial charge < -0.3 is 15.4 Å². The third kappa shape index (κ3) is 5.00. The van der Waals surface area contributed by atoms with Gasteiger partial charge >= 0.3 is 5.97 Å². The van der Waals surface area contributed by atoms with Crippen molar-refractivity contribution < 1.29 is 14.3 Å². The molecule has 0 radical (unpaired) electrons. The smallest absolute Gasteiger partial charge is 0.325 e. The first kappa shape index (κ1) is 16.8. The van der Waals surface area contributed by atoms with Crippen LogP contribution in [0.3, 0.4) is 0 Å². The zero-order valence-electron chi connectivity index (χ0n) is 11.4. The largest absolute Gasteiger partial charge is 0.465 e. The van der Waals surface area contributed by atoms with E-state index in [9.17, 15) is 9.59 Å². The molecule has 104 valence electrons. The van der Waals surface area contributed by atoms with Crippen LogP contribution in [-0.4, -0.2) is 41.0 Å². The normalized spacial score (nSPS) is 12.1. The van der Waals surface area contributed by atoms with Gasteiger partial charge in [0.1, 0.15) is 6.54 Å². The number of esters is 1. The Hall–Kier alpha value is -1.17. The summed E-state index contributed by atoms with van der Waals surface area (Å²) >= 11 is 4.88. The van der Waals surface area contributed by atoms with E-state index in [-0.39, 0.29) is 23.5 Å². The highest BCUT2D eigenvalue weighted by Crippen LogP contribution is 2.11. The van der Waals surface area contributed by atoms with Crippen LogP contribution in [0.5, 0.6) is 0 Å². The molecule has 0 aliphatic rings. The Kier molecular flexibility index (Phi) is 7.50. The van der Waals surface area contributed by atoms with Crippen LogP contribution >= 0.6 is 12.2 Å². The number of thiocarbonyl (C=S) groups is 1. The predicted molar refractivity (Wildman–Crippen MR) is 74.0 cm³/mol. The number of nitrogens with two attached hydrogens (primary N) is 1. The minimum absolute atomic E-state index is 0.0660. The summed E-state index contributed by atoms with van der Waals surface area (Å²) in [4.78, 5) is 25.3. The Bertz CT molecular complexity index is 318. The summed E-state index contributed by atoms with van der Waals surface area (Å²) in [5.74, 6) is -1.15. The van der Waals surface area contributed by atoms with E-state index in [0.717, 1.165) is 0 Å². The Morgan fingerprint density at radius 3 is 2.22 bits per heavy atom. The molecule has 0 spiro atoms. The summed E-state index contributed by atoms with van der Waals surface area (Å²) in [5.41, 5.74) is 5.54. The Morgan fingerprint density at radius 1 is 1.33 bits per heavy atom. The molecule has 1 amide bonds. The first-order valence-electron chi connectivity index (χ1n) is 6.10. The van der Waals surface area contributed by atoms with Crippen molar-refractivity contribution >= 4 is 29.1 Å². The molecule has 0 heterocycles. The molecule has 0 saturated heterocycles. The van der Waals surface area contributed by atoms with E-state index in [1.165, 1.54) is 4.90 Å². The van der Waals surface area contributed by atoms with Crippen molar-refractivity contribution in [2.45, 2.75) is 40.2 Å². The summed E-state index contributed by atoms with van der Waals surface area (Å²) in [6.07, 6.45) is 0.528. The molecule has 1 atom stereocenters. The molecule has 18 heavy (non-hydrogen) atoms. The van der Waals surface area contributed by atoms with Crippen LogP contribution in [0, 0.1) is 5.92 Å². The van der Waals surface area contributed by atoms with E-state index in [1.54, 1.807) is 6.92 Å². The molecule has 0 rings (SSSR count). The third-order valence-electron chi connectivity index (χ3n) is 2.56. The van der Waals surface area contributed by atoms with Gasteiger partial charge in [0.25, 0.3) is 0 Å². The van der Waals surface area contributed by atoms with Crippen molar-refractivity contribution in [3.05, 3.63) is 0 Å². The van der Waals surface area contributed by atoms with Gasteiger partial charge in [0.2, 0.25) is 5.91 Å². The van der Waals surface area contributed by atoms with Crippen LogP contribution in [0.15, 0.2) is 0 Å². The average Bonchev–Trinajstić information content (AvgIpc) is 2.26. The van der Waals surface area contributed by atoms with Crippen LogP contribution < -0.4 is 5.73 Å².